The standard InChI is InChI=1S/C32H30N2O3/c1-31(2)26-10-6-7-11-27(26)33(3)32(31)17-16-22-25-18-20(12-13-21(25)14-15-28(22)37-32)19-34-29(35)23-8-4-5-9-24(23)30(34)36/h6-7,10-18H,4-5,8-9,19H2,1-3H3. The van der Waals surface area contributed by atoms with Crippen LogP contribution in [0.2, 0.25) is 0 Å². The zero-order chi connectivity index (χ0) is 25.5. The van der Waals surface area contributed by atoms with Gasteiger partial charge in [0.15, 0.2) is 0 Å². The maximum Gasteiger partial charge on any atom is 0.257 e. The quantitative estimate of drug-likeness (QED) is 0.407. The highest BCUT2D eigenvalue weighted by Gasteiger charge is 2.57. The Hall–Kier alpha value is -3.86. The van der Waals surface area contributed by atoms with Crippen LogP contribution in [-0.2, 0) is 21.5 Å². The molecule has 5 heteroatoms. The van der Waals surface area contributed by atoms with Crippen molar-refractivity contribution in [1.29, 1.82) is 0 Å². The Balaban J connectivity index is 1.25. The fourth-order valence-corrected chi connectivity index (χ4v) is 6.85. The third-order valence-corrected chi connectivity index (χ3v) is 8.98. The first-order valence-electron chi connectivity index (χ1n) is 13.2. The molecule has 0 saturated carbocycles. The predicted octanol–water partition coefficient (Wildman–Crippen LogP) is 6.11. The third-order valence-electron chi connectivity index (χ3n) is 8.98. The molecule has 1 atom stereocenters. The predicted molar refractivity (Wildman–Crippen MR) is 145 cm³/mol. The number of amides is 2. The number of carbonyl (C=O) groups excluding carboxylic acids is 2. The largest absolute Gasteiger partial charge is 0.463 e. The van der Waals surface area contributed by atoms with Crippen molar-refractivity contribution in [2.24, 2.45) is 0 Å². The van der Waals surface area contributed by atoms with E-state index in [1.807, 2.05) is 6.07 Å². The molecule has 1 aliphatic carbocycles. The van der Waals surface area contributed by atoms with Gasteiger partial charge in [-0.2, -0.15) is 0 Å². The number of benzene rings is 3. The first-order chi connectivity index (χ1) is 17.8. The number of nitrogens with zero attached hydrogens (tertiary/aromatic N) is 2. The summed E-state index contributed by atoms with van der Waals surface area (Å²) in [6.07, 6.45) is 7.78. The Bertz CT molecular complexity index is 1550. The summed E-state index contributed by atoms with van der Waals surface area (Å²) in [6.45, 7) is 4.77. The number of likely N-dealkylation sites (N-methyl/N-ethyl adjacent to an activating group) is 1. The summed E-state index contributed by atoms with van der Waals surface area (Å²) in [5.41, 5.74) is 5.01. The molecule has 0 saturated heterocycles. The average molecular weight is 491 g/mol. The lowest BCUT2D eigenvalue weighted by Gasteiger charge is -2.46. The second kappa shape index (κ2) is 7.58. The van der Waals surface area contributed by atoms with Crippen LogP contribution >= 0.6 is 0 Å². The van der Waals surface area contributed by atoms with Gasteiger partial charge in [0.25, 0.3) is 11.8 Å². The van der Waals surface area contributed by atoms with Gasteiger partial charge in [0, 0.05) is 29.4 Å². The summed E-state index contributed by atoms with van der Waals surface area (Å²) in [6, 6.07) is 18.8. The molecule has 0 bridgehead atoms. The van der Waals surface area contributed by atoms with Gasteiger partial charge in [-0.05, 0) is 91.8 Å². The molecular formula is C32H30N2O3. The van der Waals surface area contributed by atoms with Crippen LogP contribution < -0.4 is 9.64 Å². The molecule has 3 aromatic carbocycles. The van der Waals surface area contributed by atoms with Gasteiger partial charge in [-0.1, -0.05) is 36.4 Å². The molecule has 3 aliphatic heterocycles. The Morgan fingerprint density at radius 3 is 2.35 bits per heavy atom. The van der Waals surface area contributed by atoms with Crippen LogP contribution in [0.1, 0.15) is 56.2 Å². The lowest BCUT2D eigenvalue weighted by molar-refractivity contribution is -0.138. The minimum absolute atomic E-state index is 0.105. The van der Waals surface area contributed by atoms with Gasteiger partial charge in [-0.25, -0.2) is 0 Å². The number of anilines is 1. The Morgan fingerprint density at radius 1 is 0.919 bits per heavy atom. The molecule has 0 radical (unpaired) electrons. The van der Waals surface area contributed by atoms with Crippen LogP contribution in [0.5, 0.6) is 5.75 Å². The van der Waals surface area contributed by atoms with E-state index in [-0.39, 0.29) is 17.2 Å². The summed E-state index contributed by atoms with van der Waals surface area (Å²) in [4.78, 5) is 29.7. The van der Waals surface area contributed by atoms with Crippen LogP contribution in [-0.4, -0.2) is 29.5 Å². The van der Waals surface area contributed by atoms with Crippen LogP contribution in [0.3, 0.4) is 0 Å². The smallest absolute Gasteiger partial charge is 0.257 e. The minimum Gasteiger partial charge on any atom is -0.463 e. The van der Waals surface area contributed by atoms with Crippen molar-refractivity contribution in [2.75, 3.05) is 11.9 Å². The summed E-state index contributed by atoms with van der Waals surface area (Å²) < 4.78 is 6.88. The maximum absolute atomic E-state index is 13.0. The summed E-state index contributed by atoms with van der Waals surface area (Å²) >= 11 is 0. The molecule has 3 heterocycles. The van der Waals surface area contributed by atoms with E-state index < -0.39 is 5.72 Å². The SMILES string of the molecule is CN1c2ccccc2C(C)(C)C12C=Cc1c(ccc3ccc(CN4C(=O)C5=C(CCCC5)C4=O)cc13)O2. The second-order valence-corrected chi connectivity index (χ2v) is 11.2. The average Bonchev–Trinajstić information content (AvgIpc) is 3.25. The van der Waals surface area contributed by atoms with E-state index in [1.165, 1.54) is 16.2 Å². The van der Waals surface area contributed by atoms with Crippen LogP contribution in [0.15, 0.2) is 71.8 Å². The number of hydrogen-bond donors (Lipinski definition) is 0. The number of hydrogen-bond acceptors (Lipinski definition) is 4. The van der Waals surface area contributed by atoms with Crippen molar-refractivity contribution in [3.05, 3.63) is 88.5 Å². The highest BCUT2D eigenvalue weighted by Crippen LogP contribution is 2.54. The van der Waals surface area contributed by atoms with E-state index in [0.717, 1.165) is 64.5 Å². The van der Waals surface area contributed by atoms with Crippen LogP contribution in [0, 0.1) is 0 Å². The molecule has 4 aliphatic rings. The number of rotatable bonds is 2. The first kappa shape index (κ1) is 22.3. The number of para-hydroxylation sites is 1. The zero-order valence-corrected chi connectivity index (χ0v) is 21.5. The van der Waals surface area contributed by atoms with Crippen molar-refractivity contribution < 1.29 is 14.3 Å². The number of fused-ring (bicyclic) bond motifs is 4. The van der Waals surface area contributed by atoms with Gasteiger partial charge in [0.2, 0.25) is 5.72 Å². The van der Waals surface area contributed by atoms with Crippen LogP contribution in [0.4, 0.5) is 5.69 Å². The molecule has 186 valence electrons. The molecule has 0 aromatic heterocycles. The molecule has 2 amide bonds. The number of imide groups is 1. The molecule has 0 fully saturated rings. The number of carbonyl (C=O) groups is 2. The van der Waals surface area contributed by atoms with E-state index in [1.54, 1.807) is 0 Å². The van der Waals surface area contributed by atoms with Gasteiger partial charge >= 0.3 is 0 Å². The maximum atomic E-state index is 13.0. The van der Waals surface area contributed by atoms with Crippen LogP contribution in [0.25, 0.3) is 16.8 Å². The lowest BCUT2D eigenvalue weighted by atomic mass is 9.76. The minimum atomic E-state index is -0.631. The van der Waals surface area contributed by atoms with Gasteiger partial charge in [-0.15, -0.1) is 0 Å². The molecule has 0 N–H and O–H groups in total. The van der Waals surface area contributed by atoms with Gasteiger partial charge in [-0.3, -0.25) is 14.5 Å². The van der Waals surface area contributed by atoms with Crippen molar-refractivity contribution >= 4 is 34.4 Å². The lowest BCUT2D eigenvalue weighted by Crippen LogP contribution is -2.58. The highest BCUT2D eigenvalue weighted by molar-refractivity contribution is 6.19. The van der Waals surface area contributed by atoms with E-state index in [4.69, 9.17) is 4.74 Å². The second-order valence-electron chi connectivity index (χ2n) is 11.2. The monoisotopic (exact) mass is 490 g/mol. The van der Waals surface area contributed by atoms with Gasteiger partial charge < -0.3 is 9.64 Å². The molecular weight excluding hydrogens is 460 g/mol. The normalized spacial score (nSPS) is 23.5. The van der Waals surface area contributed by atoms with Crippen molar-refractivity contribution in [2.45, 2.75) is 57.2 Å². The van der Waals surface area contributed by atoms with Crippen molar-refractivity contribution in [1.82, 2.24) is 4.90 Å². The van der Waals surface area contributed by atoms with E-state index in [2.05, 4.69) is 86.5 Å². The van der Waals surface area contributed by atoms with Crippen molar-refractivity contribution in [3.8, 4) is 5.75 Å². The molecule has 3 aromatic rings. The molecule has 1 spiro atoms. The van der Waals surface area contributed by atoms with E-state index >= 15 is 0 Å². The molecule has 1 unspecified atom stereocenters. The topological polar surface area (TPSA) is 49.9 Å². The zero-order valence-electron chi connectivity index (χ0n) is 21.5. The summed E-state index contributed by atoms with van der Waals surface area (Å²) in [5.74, 6) is 0.627. The van der Waals surface area contributed by atoms with Gasteiger partial charge in [0.05, 0.1) is 12.0 Å². The van der Waals surface area contributed by atoms with Crippen molar-refractivity contribution in [3.63, 3.8) is 0 Å². The Labute approximate surface area is 217 Å². The fraction of sp³-hybridized carbons (Fsp3) is 0.312. The highest BCUT2D eigenvalue weighted by atomic mass is 16.5. The molecule has 37 heavy (non-hydrogen) atoms. The van der Waals surface area contributed by atoms with E-state index in [9.17, 15) is 9.59 Å². The Kier molecular flexibility index (Phi) is 4.58. The van der Waals surface area contributed by atoms with Gasteiger partial charge in [0.1, 0.15) is 5.75 Å². The summed E-state index contributed by atoms with van der Waals surface area (Å²) in [7, 11) is 2.10. The molecule has 5 nitrogen and oxygen atoms in total. The first-order valence-corrected chi connectivity index (χ1v) is 13.2. The molecule has 7 rings (SSSR count). The Morgan fingerprint density at radius 2 is 1.62 bits per heavy atom. The fourth-order valence-electron chi connectivity index (χ4n) is 6.85. The van der Waals surface area contributed by atoms with E-state index in [0.29, 0.717) is 6.54 Å². The number of ether oxygens (including phenoxy) is 1. The summed E-state index contributed by atoms with van der Waals surface area (Å²) in [5, 5.41) is 2.17. The third kappa shape index (κ3) is 2.91.